The summed E-state index contributed by atoms with van der Waals surface area (Å²) in [5, 5.41) is 4.04. The molecule has 4 aromatic rings. The summed E-state index contributed by atoms with van der Waals surface area (Å²) in [4.78, 5) is 27.8. The van der Waals surface area contributed by atoms with Crippen LogP contribution in [0.25, 0.3) is 10.9 Å². The highest BCUT2D eigenvalue weighted by atomic mass is 16.2. The van der Waals surface area contributed by atoms with E-state index in [1.807, 2.05) is 73.8 Å². The Morgan fingerprint density at radius 1 is 0.903 bits per heavy atom. The van der Waals surface area contributed by atoms with E-state index < -0.39 is 0 Å². The molecular weight excluding hydrogens is 386 g/mol. The van der Waals surface area contributed by atoms with E-state index in [1.165, 1.54) is 0 Å². The van der Waals surface area contributed by atoms with Crippen LogP contribution in [0.5, 0.6) is 0 Å². The minimum atomic E-state index is -0.294. The third kappa shape index (κ3) is 3.38. The van der Waals surface area contributed by atoms with E-state index in [1.54, 1.807) is 4.90 Å². The summed E-state index contributed by atoms with van der Waals surface area (Å²) in [6.45, 7) is 0.446. The number of carbonyl (C=O) groups is 2. The van der Waals surface area contributed by atoms with Gasteiger partial charge in [-0.1, -0.05) is 66.7 Å². The number of para-hydroxylation sites is 1. The monoisotopic (exact) mass is 409 g/mol. The molecule has 1 atom stereocenters. The minimum absolute atomic E-state index is 0.00817. The summed E-state index contributed by atoms with van der Waals surface area (Å²) in [6, 6.07) is 25.3. The lowest BCUT2D eigenvalue weighted by molar-refractivity contribution is -0.122. The molecule has 5 rings (SSSR count). The van der Waals surface area contributed by atoms with Gasteiger partial charge in [0, 0.05) is 41.8 Å². The number of fused-ring (bicyclic) bond motifs is 2. The van der Waals surface area contributed by atoms with Crippen molar-refractivity contribution in [3.8, 4) is 0 Å². The number of hydrogen-bond acceptors (Lipinski definition) is 2. The molecular formula is C26H23N3O2. The number of carbonyl (C=O) groups excluding carboxylic acids is 2. The summed E-state index contributed by atoms with van der Waals surface area (Å²) in [5.74, 6) is -0.279. The second kappa shape index (κ2) is 7.76. The van der Waals surface area contributed by atoms with Gasteiger partial charge in [0.2, 0.25) is 5.91 Å². The van der Waals surface area contributed by atoms with E-state index >= 15 is 0 Å². The van der Waals surface area contributed by atoms with Crippen molar-refractivity contribution in [2.45, 2.75) is 12.6 Å². The van der Waals surface area contributed by atoms with Crippen molar-refractivity contribution in [2.24, 2.45) is 7.05 Å². The van der Waals surface area contributed by atoms with Crippen LogP contribution in [0.2, 0.25) is 0 Å². The number of aromatic nitrogens is 1. The third-order valence-corrected chi connectivity index (χ3v) is 5.93. The van der Waals surface area contributed by atoms with E-state index in [2.05, 4.69) is 28.2 Å². The van der Waals surface area contributed by atoms with Gasteiger partial charge >= 0.3 is 0 Å². The molecule has 5 nitrogen and oxygen atoms in total. The van der Waals surface area contributed by atoms with Crippen LogP contribution in [0, 0.1) is 0 Å². The standard InChI is InChI=1S/C26H23N3O2/c1-28-16-22(19-11-7-8-14-23(19)28)25-20-12-5-6-13-21(20)26(31)29(25)17-24(30)27-15-18-9-3-2-4-10-18/h2-14,16,25H,15,17H2,1H3,(H,27,30). The van der Waals surface area contributed by atoms with E-state index in [4.69, 9.17) is 0 Å². The molecule has 2 heterocycles. The molecule has 1 unspecified atom stereocenters. The predicted molar refractivity (Wildman–Crippen MR) is 121 cm³/mol. The van der Waals surface area contributed by atoms with Gasteiger partial charge in [-0.05, 0) is 23.3 Å². The first-order valence-electron chi connectivity index (χ1n) is 10.4. The predicted octanol–water partition coefficient (Wildman–Crippen LogP) is 4.04. The molecule has 5 heteroatoms. The van der Waals surface area contributed by atoms with Gasteiger partial charge in [-0.25, -0.2) is 0 Å². The average molecular weight is 409 g/mol. The van der Waals surface area contributed by atoms with Gasteiger partial charge in [0.05, 0.1) is 6.04 Å². The Hall–Kier alpha value is -3.86. The molecule has 1 N–H and O–H groups in total. The molecule has 0 radical (unpaired) electrons. The molecule has 0 fully saturated rings. The molecule has 0 spiro atoms. The number of nitrogens with one attached hydrogen (secondary N) is 1. The Morgan fingerprint density at radius 2 is 1.61 bits per heavy atom. The summed E-state index contributed by atoms with van der Waals surface area (Å²) in [7, 11) is 2.01. The van der Waals surface area contributed by atoms with Crippen molar-refractivity contribution >= 4 is 22.7 Å². The van der Waals surface area contributed by atoms with Gasteiger partial charge in [0.15, 0.2) is 0 Å². The van der Waals surface area contributed by atoms with Crippen LogP contribution in [0.3, 0.4) is 0 Å². The van der Waals surface area contributed by atoms with E-state index in [0.717, 1.165) is 27.6 Å². The van der Waals surface area contributed by atoms with Gasteiger partial charge in [-0.2, -0.15) is 0 Å². The number of hydrogen-bond donors (Lipinski definition) is 1. The normalized spacial score (nSPS) is 15.3. The van der Waals surface area contributed by atoms with E-state index in [0.29, 0.717) is 12.1 Å². The highest BCUT2D eigenvalue weighted by molar-refractivity contribution is 6.02. The van der Waals surface area contributed by atoms with Crippen molar-refractivity contribution in [3.05, 3.63) is 107 Å². The zero-order chi connectivity index (χ0) is 21.4. The van der Waals surface area contributed by atoms with Crippen molar-refractivity contribution in [1.29, 1.82) is 0 Å². The minimum Gasteiger partial charge on any atom is -0.350 e. The summed E-state index contributed by atoms with van der Waals surface area (Å²) < 4.78 is 2.07. The van der Waals surface area contributed by atoms with Gasteiger partial charge in [0.25, 0.3) is 5.91 Å². The van der Waals surface area contributed by atoms with Crippen LogP contribution in [0.1, 0.15) is 33.1 Å². The lowest BCUT2D eigenvalue weighted by atomic mass is 9.97. The number of benzene rings is 3. The first kappa shape index (κ1) is 19.1. The highest BCUT2D eigenvalue weighted by Crippen LogP contribution is 2.41. The van der Waals surface area contributed by atoms with E-state index in [9.17, 15) is 9.59 Å². The molecule has 1 aliphatic heterocycles. The molecule has 31 heavy (non-hydrogen) atoms. The molecule has 1 aromatic heterocycles. The first-order valence-corrected chi connectivity index (χ1v) is 10.4. The quantitative estimate of drug-likeness (QED) is 0.541. The van der Waals surface area contributed by atoms with Crippen molar-refractivity contribution in [2.75, 3.05) is 6.54 Å². The van der Waals surface area contributed by atoms with Crippen LogP contribution in [0.4, 0.5) is 0 Å². The fourth-order valence-corrected chi connectivity index (χ4v) is 4.47. The molecule has 0 saturated heterocycles. The van der Waals surface area contributed by atoms with Crippen molar-refractivity contribution < 1.29 is 9.59 Å². The zero-order valence-corrected chi connectivity index (χ0v) is 17.3. The number of amides is 2. The zero-order valence-electron chi connectivity index (χ0n) is 17.3. The largest absolute Gasteiger partial charge is 0.350 e. The Labute approximate surface area is 180 Å². The van der Waals surface area contributed by atoms with Crippen LogP contribution in [-0.4, -0.2) is 27.8 Å². The third-order valence-electron chi connectivity index (χ3n) is 5.93. The average Bonchev–Trinajstić information content (AvgIpc) is 3.27. The molecule has 0 aliphatic carbocycles. The fraction of sp³-hybridized carbons (Fsp3) is 0.154. The van der Waals surface area contributed by atoms with Gasteiger partial charge in [-0.15, -0.1) is 0 Å². The smallest absolute Gasteiger partial charge is 0.255 e. The van der Waals surface area contributed by atoms with Crippen LogP contribution < -0.4 is 5.32 Å². The molecule has 3 aromatic carbocycles. The molecule has 1 aliphatic rings. The summed E-state index contributed by atoms with van der Waals surface area (Å²) >= 11 is 0. The maximum absolute atomic E-state index is 13.3. The second-order valence-electron chi connectivity index (χ2n) is 7.90. The van der Waals surface area contributed by atoms with Crippen LogP contribution in [-0.2, 0) is 18.4 Å². The first-order chi connectivity index (χ1) is 15.1. The Bertz CT molecular complexity index is 1280. The topological polar surface area (TPSA) is 54.3 Å². The van der Waals surface area contributed by atoms with Gasteiger partial charge < -0.3 is 14.8 Å². The molecule has 154 valence electrons. The summed E-state index contributed by atoms with van der Waals surface area (Å²) in [5.41, 5.74) is 4.77. The molecule has 0 bridgehead atoms. The van der Waals surface area contributed by atoms with E-state index in [-0.39, 0.29) is 24.4 Å². The number of aryl methyl sites for hydroxylation is 1. The lowest BCUT2D eigenvalue weighted by Gasteiger charge is -2.25. The Balaban J connectivity index is 1.48. The lowest BCUT2D eigenvalue weighted by Crippen LogP contribution is -2.39. The molecule has 2 amide bonds. The van der Waals surface area contributed by atoms with Gasteiger partial charge in [-0.3, -0.25) is 9.59 Å². The van der Waals surface area contributed by atoms with Crippen molar-refractivity contribution in [3.63, 3.8) is 0 Å². The van der Waals surface area contributed by atoms with Crippen LogP contribution >= 0.6 is 0 Å². The molecule has 0 saturated carbocycles. The maximum Gasteiger partial charge on any atom is 0.255 e. The number of nitrogens with zero attached hydrogens (tertiary/aromatic N) is 2. The van der Waals surface area contributed by atoms with Crippen LogP contribution in [0.15, 0.2) is 85.1 Å². The van der Waals surface area contributed by atoms with Crippen molar-refractivity contribution in [1.82, 2.24) is 14.8 Å². The SMILES string of the molecule is Cn1cc(C2c3ccccc3C(=O)N2CC(=O)NCc2ccccc2)c2ccccc21. The maximum atomic E-state index is 13.3. The summed E-state index contributed by atoms with van der Waals surface area (Å²) in [6.07, 6.45) is 2.07. The fourth-order valence-electron chi connectivity index (χ4n) is 4.47. The Morgan fingerprint density at radius 3 is 2.45 bits per heavy atom. The number of rotatable bonds is 5. The second-order valence-corrected chi connectivity index (χ2v) is 7.90. The Kier molecular flexibility index (Phi) is 4.79. The highest BCUT2D eigenvalue weighted by Gasteiger charge is 2.39. The van der Waals surface area contributed by atoms with Gasteiger partial charge in [0.1, 0.15) is 6.54 Å².